The Balaban J connectivity index is 1.53. The molecule has 1 heterocycles. The van der Waals surface area contributed by atoms with Gasteiger partial charge in [0, 0.05) is 39.2 Å². The van der Waals surface area contributed by atoms with E-state index >= 15 is 0 Å². The van der Waals surface area contributed by atoms with E-state index in [0.29, 0.717) is 42.4 Å². The van der Waals surface area contributed by atoms with Crippen LogP contribution in [0.2, 0.25) is 0 Å². The molecule has 1 N–H and O–H groups in total. The maximum atomic E-state index is 12.5. The van der Waals surface area contributed by atoms with Crippen LogP contribution in [0, 0.1) is 0 Å². The van der Waals surface area contributed by atoms with Crippen LogP contribution in [-0.4, -0.2) is 40.4 Å². The standard InChI is InChI=1S/C22H24N4O3/c1-23-21(28)17-11-9-16(10-12-17)14-25(2)20(27)8-5-13-26-15-24-19-7-4-3-6-18(19)22(26)29/h3-4,6-7,9-12,15H,5,8,13-14H2,1-2H3,(H,23,28). The number of para-hydroxylation sites is 1. The van der Waals surface area contributed by atoms with Crippen LogP contribution in [0.15, 0.2) is 59.7 Å². The van der Waals surface area contributed by atoms with Crippen LogP contribution in [0.4, 0.5) is 0 Å². The van der Waals surface area contributed by atoms with Crippen LogP contribution in [0.1, 0.15) is 28.8 Å². The maximum absolute atomic E-state index is 12.5. The summed E-state index contributed by atoms with van der Waals surface area (Å²) in [5, 5.41) is 3.16. The van der Waals surface area contributed by atoms with Crippen molar-refractivity contribution in [3.63, 3.8) is 0 Å². The van der Waals surface area contributed by atoms with Crippen LogP contribution < -0.4 is 10.9 Å². The van der Waals surface area contributed by atoms with Gasteiger partial charge >= 0.3 is 0 Å². The highest BCUT2D eigenvalue weighted by molar-refractivity contribution is 5.93. The number of hydrogen-bond acceptors (Lipinski definition) is 4. The second-order valence-electron chi connectivity index (χ2n) is 6.89. The topological polar surface area (TPSA) is 84.3 Å². The summed E-state index contributed by atoms with van der Waals surface area (Å²) < 4.78 is 1.55. The minimum atomic E-state index is -0.139. The van der Waals surface area contributed by atoms with Gasteiger partial charge < -0.3 is 10.2 Å². The molecule has 3 aromatic rings. The zero-order valence-electron chi connectivity index (χ0n) is 16.6. The second-order valence-corrected chi connectivity index (χ2v) is 6.89. The van der Waals surface area contributed by atoms with Crippen LogP contribution >= 0.6 is 0 Å². The average Bonchev–Trinajstić information content (AvgIpc) is 2.75. The number of nitrogens with zero attached hydrogens (tertiary/aromatic N) is 3. The van der Waals surface area contributed by atoms with Crippen molar-refractivity contribution in [3.05, 3.63) is 76.3 Å². The molecule has 0 atom stereocenters. The van der Waals surface area contributed by atoms with Crippen molar-refractivity contribution in [2.45, 2.75) is 25.9 Å². The first kappa shape index (κ1) is 20.3. The number of hydrogen-bond donors (Lipinski definition) is 1. The Bertz CT molecular complexity index is 1070. The zero-order chi connectivity index (χ0) is 20.8. The van der Waals surface area contributed by atoms with Gasteiger partial charge in [0.25, 0.3) is 11.5 Å². The van der Waals surface area contributed by atoms with E-state index in [1.807, 2.05) is 24.3 Å². The van der Waals surface area contributed by atoms with Gasteiger partial charge in [-0.05, 0) is 36.2 Å². The van der Waals surface area contributed by atoms with E-state index in [0.717, 1.165) is 5.56 Å². The van der Waals surface area contributed by atoms with Gasteiger partial charge in [0.15, 0.2) is 0 Å². The van der Waals surface area contributed by atoms with Crippen LogP contribution in [0.5, 0.6) is 0 Å². The molecule has 2 amide bonds. The van der Waals surface area contributed by atoms with E-state index in [-0.39, 0.29) is 17.4 Å². The van der Waals surface area contributed by atoms with Gasteiger partial charge in [-0.2, -0.15) is 0 Å². The fraction of sp³-hybridized carbons (Fsp3) is 0.273. The summed E-state index contributed by atoms with van der Waals surface area (Å²) in [6.07, 6.45) is 2.43. The van der Waals surface area contributed by atoms with E-state index in [1.165, 1.54) is 6.33 Å². The summed E-state index contributed by atoms with van der Waals surface area (Å²) in [6.45, 7) is 0.904. The van der Waals surface area contributed by atoms with Gasteiger partial charge in [0.05, 0.1) is 17.2 Å². The largest absolute Gasteiger partial charge is 0.355 e. The van der Waals surface area contributed by atoms with Crippen LogP contribution in [-0.2, 0) is 17.9 Å². The molecule has 0 saturated carbocycles. The molecule has 7 nitrogen and oxygen atoms in total. The number of aromatic nitrogens is 2. The number of amides is 2. The first-order valence-corrected chi connectivity index (χ1v) is 9.49. The molecule has 0 radical (unpaired) electrons. The highest BCUT2D eigenvalue weighted by Gasteiger charge is 2.11. The second kappa shape index (κ2) is 9.14. The fourth-order valence-electron chi connectivity index (χ4n) is 3.12. The number of carbonyl (C=O) groups is 2. The number of rotatable bonds is 7. The molecule has 0 fully saturated rings. The van der Waals surface area contributed by atoms with E-state index in [2.05, 4.69) is 10.3 Å². The van der Waals surface area contributed by atoms with Gasteiger partial charge in [-0.3, -0.25) is 19.0 Å². The van der Waals surface area contributed by atoms with Crippen molar-refractivity contribution in [2.75, 3.05) is 14.1 Å². The van der Waals surface area contributed by atoms with E-state index in [4.69, 9.17) is 0 Å². The molecule has 0 aliphatic rings. The summed E-state index contributed by atoms with van der Waals surface area (Å²) in [5.74, 6) is -0.137. The van der Waals surface area contributed by atoms with E-state index in [9.17, 15) is 14.4 Å². The lowest BCUT2D eigenvalue weighted by Gasteiger charge is -2.17. The maximum Gasteiger partial charge on any atom is 0.261 e. The summed E-state index contributed by atoms with van der Waals surface area (Å²) in [7, 11) is 3.34. The first-order chi connectivity index (χ1) is 14.0. The van der Waals surface area contributed by atoms with Crippen molar-refractivity contribution in [2.24, 2.45) is 0 Å². The molecular weight excluding hydrogens is 368 g/mol. The molecule has 0 saturated heterocycles. The van der Waals surface area contributed by atoms with Crippen molar-refractivity contribution >= 4 is 22.7 Å². The third-order valence-corrected chi connectivity index (χ3v) is 4.81. The first-order valence-electron chi connectivity index (χ1n) is 9.49. The Morgan fingerprint density at radius 3 is 2.55 bits per heavy atom. The number of benzene rings is 2. The number of aryl methyl sites for hydroxylation is 1. The average molecular weight is 392 g/mol. The number of nitrogens with one attached hydrogen (secondary N) is 1. The molecule has 7 heteroatoms. The summed E-state index contributed by atoms with van der Waals surface area (Å²) in [6, 6.07) is 14.4. The molecule has 1 aromatic heterocycles. The molecule has 0 unspecified atom stereocenters. The smallest absolute Gasteiger partial charge is 0.261 e. The van der Waals surface area contributed by atoms with Gasteiger partial charge in [-0.25, -0.2) is 4.98 Å². The van der Waals surface area contributed by atoms with Crippen LogP contribution in [0.25, 0.3) is 10.9 Å². The monoisotopic (exact) mass is 392 g/mol. The summed E-state index contributed by atoms with van der Waals surface area (Å²) in [4.78, 5) is 42.4. The predicted octanol–water partition coefficient (Wildman–Crippen LogP) is 2.19. The Morgan fingerprint density at radius 1 is 1.10 bits per heavy atom. The molecule has 0 spiro atoms. The Hall–Kier alpha value is -3.48. The lowest BCUT2D eigenvalue weighted by molar-refractivity contribution is -0.130. The van der Waals surface area contributed by atoms with Gasteiger partial charge in [0.1, 0.15) is 0 Å². The Morgan fingerprint density at radius 2 is 1.83 bits per heavy atom. The zero-order valence-corrected chi connectivity index (χ0v) is 16.6. The number of carbonyl (C=O) groups excluding carboxylic acids is 2. The fourth-order valence-corrected chi connectivity index (χ4v) is 3.12. The van der Waals surface area contributed by atoms with Crippen molar-refractivity contribution < 1.29 is 9.59 Å². The molecule has 0 bridgehead atoms. The molecular formula is C22H24N4O3. The Labute approximate surface area is 169 Å². The predicted molar refractivity (Wildman–Crippen MR) is 112 cm³/mol. The molecule has 3 rings (SSSR count). The number of fused-ring (bicyclic) bond motifs is 1. The van der Waals surface area contributed by atoms with Gasteiger partial charge in [-0.1, -0.05) is 24.3 Å². The molecule has 150 valence electrons. The summed E-state index contributed by atoms with van der Waals surface area (Å²) in [5.41, 5.74) is 2.11. The van der Waals surface area contributed by atoms with Gasteiger partial charge in [0.2, 0.25) is 5.91 Å². The van der Waals surface area contributed by atoms with Crippen molar-refractivity contribution in [1.82, 2.24) is 19.8 Å². The molecule has 29 heavy (non-hydrogen) atoms. The van der Waals surface area contributed by atoms with Gasteiger partial charge in [-0.15, -0.1) is 0 Å². The van der Waals surface area contributed by atoms with Crippen molar-refractivity contribution in [1.29, 1.82) is 0 Å². The highest BCUT2D eigenvalue weighted by Crippen LogP contribution is 2.09. The summed E-state index contributed by atoms with van der Waals surface area (Å²) >= 11 is 0. The highest BCUT2D eigenvalue weighted by atomic mass is 16.2. The third kappa shape index (κ3) is 4.87. The lowest BCUT2D eigenvalue weighted by atomic mass is 10.1. The van der Waals surface area contributed by atoms with Crippen LogP contribution in [0.3, 0.4) is 0 Å². The van der Waals surface area contributed by atoms with E-state index < -0.39 is 0 Å². The third-order valence-electron chi connectivity index (χ3n) is 4.81. The SMILES string of the molecule is CNC(=O)c1ccc(CN(C)C(=O)CCCn2cnc3ccccc3c2=O)cc1. The quantitative estimate of drug-likeness (QED) is 0.668. The minimum Gasteiger partial charge on any atom is -0.355 e. The minimum absolute atomic E-state index is 0.00201. The lowest BCUT2D eigenvalue weighted by Crippen LogP contribution is -2.27. The van der Waals surface area contributed by atoms with Crippen molar-refractivity contribution in [3.8, 4) is 0 Å². The molecule has 0 aliphatic heterocycles. The molecule has 0 aliphatic carbocycles. The Kier molecular flexibility index (Phi) is 6.39. The van der Waals surface area contributed by atoms with E-state index in [1.54, 1.807) is 47.8 Å². The molecule has 2 aromatic carbocycles. The normalized spacial score (nSPS) is 10.7.